The minimum Gasteiger partial charge on any atom is -0.335 e. The van der Waals surface area contributed by atoms with Crippen molar-refractivity contribution >= 4 is 28.0 Å². The molecular weight excluding hydrogens is 533 g/mol. The van der Waals surface area contributed by atoms with Crippen molar-refractivity contribution in [3.63, 3.8) is 0 Å². The summed E-state index contributed by atoms with van der Waals surface area (Å²) in [5, 5.41) is 0. The topological polar surface area (TPSA) is 4.44 Å². The van der Waals surface area contributed by atoms with Gasteiger partial charge in [0.1, 0.15) is 29.4 Å². The Hall–Kier alpha value is -3.38. The van der Waals surface area contributed by atoms with Crippen LogP contribution in [0.2, 0.25) is 0 Å². The Morgan fingerprint density at radius 2 is 0.714 bits per heavy atom. The molecule has 0 aromatic heterocycles. The molecule has 6 heteroatoms. The number of benzene rings is 4. The summed E-state index contributed by atoms with van der Waals surface area (Å²) in [4.78, 5) is 1.84. The van der Waals surface area contributed by atoms with Gasteiger partial charge >= 0.3 is 0 Å². The Kier molecular flexibility index (Phi) is 13.3. The molecule has 0 fully saturated rings. The monoisotopic (exact) mass is 577 g/mol. The van der Waals surface area contributed by atoms with E-state index >= 15 is 0 Å². The minimum absolute atomic E-state index is 0.488. The highest BCUT2D eigenvalue weighted by Crippen LogP contribution is 2.13. The van der Waals surface area contributed by atoms with E-state index in [0.717, 1.165) is 0 Å². The highest BCUT2D eigenvalue weighted by Gasteiger charge is 2.33. The lowest BCUT2D eigenvalue weighted by molar-refractivity contribution is -0.900. The van der Waals surface area contributed by atoms with Crippen molar-refractivity contribution in [2.75, 3.05) is 19.6 Å². The molecule has 0 unspecified atom stereocenters. The minimum atomic E-state index is -2.25. The standard InChI is InChI=1S/C24H16BF4.C12H27N/c26-21-9-1-5-17(13-21)25(18-6-2-10-22(27)14-18,19-7-3-11-23(28)15-19)20-8-4-12-24(29)16-20;1-4-7-10-13(11-8-5-2)12-9-6-3/h1-16H;4-12H2,1-3H3/q-1;/p+1. The molecule has 4 aromatic rings. The summed E-state index contributed by atoms with van der Waals surface area (Å²) in [6.07, 6.45) is 6.01. The summed E-state index contributed by atoms with van der Waals surface area (Å²) in [5.41, 5.74) is 1.97. The van der Waals surface area contributed by atoms with Crippen LogP contribution in [0.5, 0.6) is 0 Å². The van der Waals surface area contributed by atoms with E-state index in [9.17, 15) is 17.6 Å². The Bertz CT molecular complexity index is 1170. The van der Waals surface area contributed by atoms with Gasteiger partial charge in [-0.1, -0.05) is 113 Å². The number of rotatable bonds is 13. The van der Waals surface area contributed by atoms with Gasteiger partial charge in [0.15, 0.2) is 0 Å². The fraction of sp³-hybridized carbons (Fsp3) is 0.333. The third-order valence-electron chi connectivity index (χ3n) is 8.05. The van der Waals surface area contributed by atoms with Crippen molar-refractivity contribution in [1.82, 2.24) is 0 Å². The van der Waals surface area contributed by atoms with Gasteiger partial charge in [-0.25, -0.2) is 17.6 Å². The van der Waals surface area contributed by atoms with Crippen LogP contribution in [-0.4, -0.2) is 25.8 Å². The van der Waals surface area contributed by atoms with Crippen LogP contribution >= 0.6 is 0 Å². The molecule has 0 heterocycles. The first-order valence-electron chi connectivity index (χ1n) is 15.4. The second-order valence-corrected chi connectivity index (χ2v) is 11.1. The molecule has 0 spiro atoms. The van der Waals surface area contributed by atoms with Gasteiger partial charge in [-0.3, -0.25) is 0 Å². The Morgan fingerprint density at radius 3 is 0.929 bits per heavy atom. The maximum Gasteiger partial charge on any atom is 0.120 e. The molecule has 1 N–H and O–H groups in total. The van der Waals surface area contributed by atoms with Crippen molar-refractivity contribution in [3.05, 3.63) is 120 Å². The highest BCUT2D eigenvalue weighted by atomic mass is 19.1. The van der Waals surface area contributed by atoms with E-state index < -0.39 is 29.4 Å². The molecule has 0 atom stereocenters. The largest absolute Gasteiger partial charge is 0.335 e. The van der Waals surface area contributed by atoms with Gasteiger partial charge in [0, 0.05) is 0 Å². The Labute approximate surface area is 249 Å². The summed E-state index contributed by atoms with van der Waals surface area (Å²) < 4.78 is 57.1. The van der Waals surface area contributed by atoms with E-state index in [1.54, 1.807) is 48.5 Å². The van der Waals surface area contributed by atoms with Crippen LogP contribution in [0.4, 0.5) is 17.6 Å². The van der Waals surface area contributed by atoms with Gasteiger partial charge in [0.2, 0.25) is 0 Å². The molecule has 0 saturated carbocycles. The fourth-order valence-corrected chi connectivity index (χ4v) is 5.91. The normalized spacial score (nSPS) is 11.3. The van der Waals surface area contributed by atoms with E-state index in [1.165, 1.54) is 107 Å². The molecule has 224 valence electrons. The molecule has 0 aliphatic carbocycles. The zero-order valence-corrected chi connectivity index (χ0v) is 25.2. The van der Waals surface area contributed by atoms with Crippen LogP contribution in [0.25, 0.3) is 0 Å². The van der Waals surface area contributed by atoms with Crippen molar-refractivity contribution in [2.45, 2.75) is 59.3 Å². The van der Waals surface area contributed by atoms with E-state index in [2.05, 4.69) is 20.8 Å². The molecule has 1 nitrogen and oxygen atoms in total. The third-order valence-corrected chi connectivity index (χ3v) is 8.05. The second kappa shape index (κ2) is 16.9. The second-order valence-electron chi connectivity index (χ2n) is 11.1. The molecule has 0 bridgehead atoms. The number of unbranched alkanes of at least 4 members (excludes halogenated alkanes) is 3. The van der Waals surface area contributed by atoms with Crippen LogP contribution < -0.4 is 26.8 Å². The van der Waals surface area contributed by atoms with Crippen molar-refractivity contribution < 1.29 is 22.5 Å². The predicted molar refractivity (Wildman–Crippen MR) is 170 cm³/mol. The van der Waals surface area contributed by atoms with Crippen LogP contribution in [0.3, 0.4) is 0 Å². The maximum atomic E-state index is 14.3. The molecule has 42 heavy (non-hydrogen) atoms. The summed E-state index contributed by atoms with van der Waals surface area (Å²) >= 11 is 0. The Balaban J connectivity index is 0.000000316. The van der Waals surface area contributed by atoms with E-state index in [-0.39, 0.29) is 0 Å². The third kappa shape index (κ3) is 8.81. The first kappa shape index (κ1) is 33.1. The van der Waals surface area contributed by atoms with Crippen molar-refractivity contribution in [2.24, 2.45) is 0 Å². The lowest BCUT2D eigenvalue weighted by atomic mass is 9.13. The fourth-order valence-electron chi connectivity index (χ4n) is 5.91. The molecule has 4 aromatic carbocycles. The SMILES string of the molecule is CCCC[NH+](CCCC)CCCC.Fc1cccc([B-](c2cccc(F)c2)(c2cccc(F)c2)c2cccc(F)c2)c1. The lowest BCUT2D eigenvalue weighted by Crippen LogP contribution is -3.12. The summed E-state index contributed by atoms with van der Waals surface area (Å²) in [6.45, 7) is 11.1. The smallest absolute Gasteiger partial charge is 0.120 e. The van der Waals surface area contributed by atoms with Gasteiger partial charge in [0.25, 0.3) is 0 Å². The number of nitrogens with one attached hydrogen (secondary N) is 1. The van der Waals surface area contributed by atoms with Gasteiger partial charge < -0.3 is 4.90 Å². The van der Waals surface area contributed by atoms with Gasteiger partial charge in [-0.2, -0.15) is 21.9 Å². The van der Waals surface area contributed by atoms with E-state index in [1.807, 2.05) is 4.90 Å². The van der Waals surface area contributed by atoms with Crippen LogP contribution in [-0.2, 0) is 0 Å². The Morgan fingerprint density at radius 1 is 0.452 bits per heavy atom. The predicted octanol–water partition coefficient (Wildman–Crippen LogP) is 5.89. The van der Waals surface area contributed by atoms with Crippen LogP contribution in [0.1, 0.15) is 59.3 Å². The maximum absolute atomic E-state index is 14.3. The van der Waals surface area contributed by atoms with Crippen LogP contribution in [0, 0.1) is 23.3 Å². The van der Waals surface area contributed by atoms with Crippen LogP contribution in [0.15, 0.2) is 97.1 Å². The summed E-state index contributed by atoms with van der Waals surface area (Å²) in [7, 11) is 0. The highest BCUT2D eigenvalue weighted by molar-refractivity contribution is 7.19. The molecule has 0 aliphatic heterocycles. The van der Waals surface area contributed by atoms with Gasteiger partial charge in [-0.05, 0) is 43.5 Å². The quantitative estimate of drug-likeness (QED) is 0.149. The van der Waals surface area contributed by atoms with Crippen molar-refractivity contribution in [1.29, 1.82) is 0 Å². The lowest BCUT2D eigenvalue weighted by Gasteiger charge is -2.44. The molecule has 0 amide bonds. The molecule has 0 saturated heterocycles. The van der Waals surface area contributed by atoms with Gasteiger partial charge in [0.05, 0.1) is 19.6 Å². The number of halogens is 4. The first-order chi connectivity index (χ1) is 20.3. The number of hydrogen-bond acceptors (Lipinski definition) is 0. The average molecular weight is 578 g/mol. The van der Waals surface area contributed by atoms with Gasteiger partial charge in [-0.15, -0.1) is 0 Å². The molecule has 0 aliphatic rings. The number of quaternary nitrogens is 1. The summed E-state index contributed by atoms with van der Waals surface area (Å²) in [6, 6.07) is 23.5. The molecule has 4 rings (SSSR count). The zero-order valence-electron chi connectivity index (χ0n) is 25.2. The molecular formula is C36H44BF4N. The van der Waals surface area contributed by atoms with Crippen molar-refractivity contribution in [3.8, 4) is 0 Å². The molecule has 0 radical (unpaired) electrons. The number of hydrogen-bond donors (Lipinski definition) is 1. The average Bonchev–Trinajstić information content (AvgIpc) is 2.98. The van der Waals surface area contributed by atoms with E-state index in [4.69, 9.17) is 0 Å². The summed E-state index contributed by atoms with van der Waals surface area (Å²) in [5.74, 6) is -1.95. The first-order valence-corrected chi connectivity index (χ1v) is 15.4. The van der Waals surface area contributed by atoms with E-state index in [0.29, 0.717) is 21.9 Å². The zero-order chi connectivity index (χ0) is 30.4.